The fourth-order valence-electron chi connectivity index (χ4n) is 2.55. The minimum atomic E-state index is -1.48. The summed E-state index contributed by atoms with van der Waals surface area (Å²) in [7, 11) is 3.10. The molecule has 1 atom stereocenters. The zero-order valence-electron chi connectivity index (χ0n) is 13.9. The highest BCUT2D eigenvalue weighted by Gasteiger charge is 2.26. The third kappa shape index (κ3) is 4.01. The van der Waals surface area contributed by atoms with Crippen LogP contribution in [0, 0.1) is 11.6 Å². The first-order valence-corrected chi connectivity index (χ1v) is 7.47. The van der Waals surface area contributed by atoms with Crippen molar-refractivity contribution in [3.05, 3.63) is 59.2 Å². The summed E-state index contributed by atoms with van der Waals surface area (Å²) in [5, 5.41) is 13.5. The van der Waals surface area contributed by atoms with E-state index in [1.54, 1.807) is 20.3 Å². The number of aliphatic hydroxyl groups is 1. The molecule has 2 aromatic carbocycles. The molecule has 0 aliphatic rings. The highest BCUT2D eigenvalue weighted by Crippen LogP contribution is 2.31. The summed E-state index contributed by atoms with van der Waals surface area (Å²) in [6.45, 7) is 1.94. The van der Waals surface area contributed by atoms with E-state index in [2.05, 4.69) is 5.32 Å². The van der Waals surface area contributed by atoms with Crippen LogP contribution in [-0.4, -0.2) is 25.9 Å². The van der Waals surface area contributed by atoms with Crippen LogP contribution in [0.1, 0.15) is 18.1 Å². The lowest BCUT2D eigenvalue weighted by atomic mass is 9.95. The molecule has 6 heteroatoms. The van der Waals surface area contributed by atoms with Crippen LogP contribution in [-0.2, 0) is 12.1 Å². The van der Waals surface area contributed by atoms with Crippen molar-refractivity contribution in [2.45, 2.75) is 19.1 Å². The molecule has 0 bridgehead atoms. The molecule has 4 nitrogen and oxygen atoms in total. The van der Waals surface area contributed by atoms with E-state index < -0.39 is 17.2 Å². The molecule has 2 N–H and O–H groups in total. The fraction of sp³-hybridized carbons (Fsp3) is 0.333. The molecule has 2 rings (SSSR count). The van der Waals surface area contributed by atoms with Gasteiger partial charge in [-0.15, -0.1) is 0 Å². The first-order valence-electron chi connectivity index (χ1n) is 7.47. The van der Waals surface area contributed by atoms with E-state index in [1.165, 1.54) is 13.0 Å². The van der Waals surface area contributed by atoms with Gasteiger partial charge >= 0.3 is 0 Å². The Morgan fingerprint density at radius 3 is 2.50 bits per heavy atom. The summed E-state index contributed by atoms with van der Waals surface area (Å²) in [4.78, 5) is 0. The maximum Gasteiger partial charge on any atom is 0.165 e. The smallest absolute Gasteiger partial charge is 0.165 e. The van der Waals surface area contributed by atoms with Gasteiger partial charge in [-0.3, -0.25) is 0 Å². The molecule has 24 heavy (non-hydrogen) atoms. The highest BCUT2D eigenvalue weighted by atomic mass is 19.1. The molecule has 0 saturated carbocycles. The minimum Gasteiger partial charge on any atom is -0.493 e. The van der Waals surface area contributed by atoms with E-state index in [9.17, 15) is 13.9 Å². The summed E-state index contributed by atoms with van der Waals surface area (Å²) < 4.78 is 37.4. The summed E-state index contributed by atoms with van der Waals surface area (Å²) in [6, 6.07) is 8.61. The first kappa shape index (κ1) is 18.2. The zero-order valence-corrected chi connectivity index (χ0v) is 13.9. The quantitative estimate of drug-likeness (QED) is 0.816. The van der Waals surface area contributed by atoms with Crippen molar-refractivity contribution in [1.82, 2.24) is 5.32 Å². The van der Waals surface area contributed by atoms with Crippen LogP contribution in [0.5, 0.6) is 11.5 Å². The first-order chi connectivity index (χ1) is 11.4. The van der Waals surface area contributed by atoms with Gasteiger partial charge in [-0.25, -0.2) is 8.78 Å². The molecule has 0 amide bonds. The van der Waals surface area contributed by atoms with Gasteiger partial charge in [0.2, 0.25) is 0 Å². The number of methoxy groups -OCH3 is 2. The van der Waals surface area contributed by atoms with E-state index >= 15 is 0 Å². The number of nitrogens with one attached hydrogen (secondary N) is 1. The van der Waals surface area contributed by atoms with Crippen LogP contribution in [0.3, 0.4) is 0 Å². The van der Waals surface area contributed by atoms with Gasteiger partial charge in [0.15, 0.2) is 11.5 Å². The lowest BCUT2D eigenvalue weighted by Crippen LogP contribution is -2.36. The Bertz CT molecular complexity index is 705. The van der Waals surface area contributed by atoms with Crippen molar-refractivity contribution in [3.8, 4) is 11.5 Å². The molecule has 2 aromatic rings. The number of benzene rings is 2. The molecule has 0 aromatic heterocycles. The predicted octanol–water partition coefficient (Wildman–Crippen LogP) is 2.98. The molecule has 0 radical (unpaired) electrons. The molecule has 0 aliphatic carbocycles. The van der Waals surface area contributed by atoms with Gasteiger partial charge in [0, 0.05) is 30.3 Å². The monoisotopic (exact) mass is 337 g/mol. The summed E-state index contributed by atoms with van der Waals surface area (Å²) in [5.74, 6) is -0.255. The van der Waals surface area contributed by atoms with Crippen molar-refractivity contribution in [1.29, 1.82) is 0 Å². The number of rotatable bonds is 7. The number of halogens is 2. The van der Waals surface area contributed by atoms with Crippen molar-refractivity contribution in [2.24, 2.45) is 0 Å². The average Bonchev–Trinajstić information content (AvgIpc) is 2.53. The van der Waals surface area contributed by atoms with E-state index in [1.807, 2.05) is 12.1 Å². The van der Waals surface area contributed by atoms with Gasteiger partial charge in [-0.05, 0) is 19.1 Å². The topological polar surface area (TPSA) is 50.7 Å². The Balaban J connectivity index is 2.08. The SMILES string of the molecule is COc1cccc(CNCC(C)(O)c2ccc(F)cc2F)c1OC. The summed E-state index contributed by atoms with van der Waals surface area (Å²) in [6.07, 6.45) is 0. The number of ether oxygens (including phenoxy) is 2. The number of hydrogen-bond donors (Lipinski definition) is 2. The largest absolute Gasteiger partial charge is 0.493 e. The van der Waals surface area contributed by atoms with E-state index in [-0.39, 0.29) is 12.1 Å². The molecular weight excluding hydrogens is 316 g/mol. The highest BCUT2D eigenvalue weighted by molar-refractivity contribution is 5.46. The van der Waals surface area contributed by atoms with E-state index in [0.29, 0.717) is 18.0 Å². The second-order valence-electron chi connectivity index (χ2n) is 5.65. The lowest BCUT2D eigenvalue weighted by Gasteiger charge is -2.25. The molecule has 0 fully saturated rings. The van der Waals surface area contributed by atoms with Crippen LogP contribution in [0.25, 0.3) is 0 Å². The van der Waals surface area contributed by atoms with Gasteiger partial charge in [-0.1, -0.05) is 18.2 Å². The molecular formula is C18H21F2NO3. The van der Waals surface area contributed by atoms with Gasteiger partial charge in [0.25, 0.3) is 0 Å². The fourth-order valence-corrected chi connectivity index (χ4v) is 2.55. The Labute approximate surface area is 140 Å². The Morgan fingerprint density at radius 2 is 1.88 bits per heavy atom. The molecule has 0 aliphatic heterocycles. The molecule has 1 unspecified atom stereocenters. The van der Waals surface area contributed by atoms with E-state index in [0.717, 1.165) is 17.7 Å². The average molecular weight is 337 g/mol. The Morgan fingerprint density at radius 1 is 1.12 bits per heavy atom. The van der Waals surface area contributed by atoms with Crippen LogP contribution < -0.4 is 14.8 Å². The third-order valence-electron chi connectivity index (χ3n) is 3.78. The maximum atomic E-state index is 13.8. The van der Waals surface area contributed by atoms with E-state index in [4.69, 9.17) is 9.47 Å². The molecule has 0 spiro atoms. The van der Waals surface area contributed by atoms with Crippen molar-refractivity contribution < 1.29 is 23.4 Å². The minimum absolute atomic E-state index is 0.0361. The lowest BCUT2D eigenvalue weighted by molar-refractivity contribution is 0.0528. The second-order valence-corrected chi connectivity index (χ2v) is 5.65. The maximum absolute atomic E-state index is 13.8. The standard InChI is InChI=1S/C18H21F2NO3/c1-18(22,14-8-7-13(19)9-15(14)20)11-21-10-12-5-4-6-16(23-2)17(12)24-3/h4-9,21-22H,10-11H2,1-3H3. The molecule has 130 valence electrons. The summed E-state index contributed by atoms with van der Waals surface area (Å²) >= 11 is 0. The van der Waals surface area contributed by atoms with Gasteiger partial charge in [0.05, 0.1) is 14.2 Å². The van der Waals surface area contributed by atoms with Gasteiger partial charge < -0.3 is 19.9 Å². The number of hydrogen-bond acceptors (Lipinski definition) is 4. The van der Waals surface area contributed by atoms with Crippen molar-refractivity contribution in [3.63, 3.8) is 0 Å². The van der Waals surface area contributed by atoms with Crippen molar-refractivity contribution in [2.75, 3.05) is 20.8 Å². The predicted molar refractivity (Wildman–Crippen MR) is 87.2 cm³/mol. The Kier molecular flexibility index (Phi) is 5.75. The van der Waals surface area contributed by atoms with Gasteiger partial charge in [0.1, 0.15) is 17.2 Å². The van der Waals surface area contributed by atoms with Crippen LogP contribution >= 0.6 is 0 Å². The summed E-state index contributed by atoms with van der Waals surface area (Å²) in [5.41, 5.74) is -0.606. The molecule has 0 heterocycles. The Hall–Kier alpha value is -2.18. The van der Waals surface area contributed by atoms with Crippen LogP contribution in [0.4, 0.5) is 8.78 Å². The van der Waals surface area contributed by atoms with Crippen LogP contribution in [0.15, 0.2) is 36.4 Å². The zero-order chi connectivity index (χ0) is 17.7. The van der Waals surface area contributed by atoms with Crippen molar-refractivity contribution >= 4 is 0 Å². The third-order valence-corrected chi connectivity index (χ3v) is 3.78. The molecule has 0 saturated heterocycles. The van der Waals surface area contributed by atoms with Crippen LogP contribution in [0.2, 0.25) is 0 Å². The van der Waals surface area contributed by atoms with Gasteiger partial charge in [-0.2, -0.15) is 0 Å². The second kappa shape index (κ2) is 7.59. The normalized spacial score (nSPS) is 13.4. The number of para-hydroxylation sites is 1.